The van der Waals surface area contributed by atoms with E-state index in [1.165, 1.54) is 18.2 Å². The summed E-state index contributed by atoms with van der Waals surface area (Å²) in [7, 11) is 0. The van der Waals surface area contributed by atoms with Crippen LogP contribution < -0.4 is 5.32 Å². The Morgan fingerprint density at radius 1 is 1.10 bits per heavy atom. The standard InChI is InChI=1S/C16H13ClFN3/c1-2-19-16-12-6-4-3-5-11(12)15(20-21-16)13-9-10(18)7-8-14(13)17/h3-9H,2H2,1H3,(H,19,21). The lowest BCUT2D eigenvalue weighted by atomic mass is 10.0. The van der Waals surface area contributed by atoms with Crippen molar-refractivity contribution in [3.05, 3.63) is 53.3 Å². The zero-order valence-electron chi connectivity index (χ0n) is 11.4. The topological polar surface area (TPSA) is 37.8 Å². The number of nitrogens with zero attached hydrogens (tertiary/aromatic N) is 2. The van der Waals surface area contributed by atoms with E-state index in [0.717, 1.165) is 17.3 Å². The summed E-state index contributed by atoms with van der Waals surface area (Å²) in [6.45, 7) is 2.74. The van der Waals surface area contributed by atoms with Crippen molar-refractivity contribution in [3.63, 3.8) is 0 Å². The summed E-state index contributed by atoms with van der Waals surface area (Å²) in [4.78, 5) is 0. The summed E-state index contributed by atoms with van der Waals surface area (Å²) >= 11 is 6.18. The zero-order chi connectivity index (χ0) is 14.8. The fourth-order valence-corrected chi connectivity index (χ4v) is 2.49. The molecule has 0 radical (unpaired) electrons. The van der Waals surface area contributed by atoms with Crippen molar-refractivity contribution in [2.45, 2.75) is 6.92 Å². The summed E-state index contributed by atoms with van der Waals surface area (Å²) in [6.07, 6.45) is 0. The van der Waals surface area contributed by atoms with Gasteiger partial charge in [0.25, 0.3) is 0 Å². The molecule has 0 spiro atoms. The lowest BCUT2D eigenvalue weighted by Crippen LogP contribution is -2.03. The van der Waals surface area contributed by atoms with Gasteiger partial charge in [0.1, 0.15) is 11.5 Å². The summed E-state index contributed by atoms with van der Waals surface area (Å²) in [5.41, 5.74) is 1.13. The molecular weight excluding hydrogens is 289 g/mol. The molecule has 0 saturated carbocycles. The molecule has 0 aliphatic heterocycles. The molecule has 21 heavy (non-hydrogen) atoms. The lowest BCUT2D eigenvalue weighted by Gasteiger charge is -2.11. The van der Waals surface area contributed by atoms with Crippen LogP contribution in [-0.2, 0) is 0 Å². The number of rotatable bonds is 3. The van der Waals surface area contributed by atoms with Gasteiger partial charge in [0.15, 0.2) is 5.82 Å². The number of aromatic nitrogens is 2. The van der Waals surface area contributed by atoms with Crippen LogP contribution >= 0.6 is 11.6 Å². The minimum atomic E-state index is -0.351. The molecule has 0 saturated heterocycles. The Kier molecular flexibility index (Phi) is 3.71. The highest BCUT2D eigenvalue weighted by atomic mass is 35.5. The van der Waals surface area contributed by atoms with Crippen LogP contribution in [0.25, 0.3) is 22.0 Å². The molecule has 0 bridgehead atoms. The van der Waals surface area contributed by atoms with Gasteiger partial charge in [0.05, 0.1) is 5.02 Å². The zero-order valence-corrected chi connectivity index (χ0v) is 12.2. The largest absolute Gasteiger partial charge is 0.368 e. The number of hydrogen-bond donors (Lipinski definition) is 1. The van der Waals surface area contributed by atoms with Crippen molar-refractivity contribution >= 4 is 28.2 Å². The second-order valence-corrected chi connectivity index (χ2v) is 5.00. The molecular formula is C16H13ClFN3. The van der Waals surface area contributed by atoms with Crippen LogP contribution in [0.15, 0.2) is 42.5 Å². The van der Waals surface area contributed by atoms with Gasteiger partial charge in [-0.2, -0.15) is 0 Å². The molecule has 1 aromatic heterocycles. The van der Waals surface area contributed by atoms with Gasteiger partial charge in [-0.05, 0) is 25.1 Å². The average molecular weight is 302 g/mol. The van der Waals surface area contributed by atoms with Crippen molar-refractivity contribution in [2.75, 3.05) is 11.9 Å². The van der Waals surface area contributed by atoms with Crippen molar-refractivity contribution in [1.29, 1.82) is 0 Å². The first-order valence-electron chi connectivity index (χ1n) is 6.65. The van der Waals surface area contributed by atoms with Crippen LogP contribution in [0.5, 0.6) is 0 Å². The van der Waals surface area contributed by atoms with Crippen molar-refractivity contribution in [2.24, 2.45) is 0 Å². The molecule has 3 rings (SSSR count). The van der Waals surface area contributed by atoms with Crippen molar-refractivity contribution < 1.29 is 4.39 Å². The fraction of sp³-hybridized carbons (Fsp3) is 0.125. The highest BCUT2D eigenvalue weighted by Crippen LogP contribution is 2.33. The number of fused-ring (bicyclic) bond motifs is 1. The number of halogens is 2. The predicted octanol–water partition coefficient (Wildman–Crippen LogP) is 4.52. The summed E-state index contributed by atoms with van der Waals surface area (Å²) in [5, 5.41) is 13.9. The third kappa shape index (κ3) is 2.54. The third-order valence-electron chi connectivity index (χ3n) is 3.22. The van der Waals surface area contributed by atoms with Gasteiger partial charge in [-0.3, -0.25) is 0 Å². The summed E-state index contributed by atoms with van der Waals surface area (Å²) in [6, 6.07) is 12.0. The van der Waals surface area contributed by atoms with Crippen LogP contribution in [0.1, 0.15) is 6.92 Å². The number of benzene rings is 2. The third-order valence-corrected chi connectivity index (χ3v) is 3.54. The van der Waals surface area contributed by atoms with Gasteiger partial charge >= 0.3 is 0 Å². The first kappa shape index (κ1) is 13.8. The molecule has 0 aliphatic carbocycles. The Morgan fingerprint density at radius 2 is 1.86 bits per heavy atom. The smallest absolute Gasteiger partial charge is 0.156 e. The van der Waals surface area contributed by atoms with E-state index in [1.54, 1.807) is 0 Å². The number of hydrogen-bond acceptors (Lipinski definition) is 3. The molecule has 0 unspecified atom stereocenters. The first-order chi connectivity index (χ1) is 10.2. The van der Waals surface area contributed by atoms with Crippen LogP contribution in [0, 0.1) is 5.82 Å². The normalized spacial score (nSPS) is 10.8. The van der Waals surface area contributed by atoms with Gasteiger partial charge in [0.2, 0.25) is 0 Å². The molecule has 0 atom stereocenters. The first-order valence-corrected chi connectivity index (χ1v) is 7.03. The van der Waals surface area contributed by atoms with E-state index >= 15 is 0 Å². The monoisotopic (exact) mass is 301 g/mol. The summed E-state index contributed by atoms with van der Waals surface area (Å²) in [5.74, 6) is 0.361. The molecule has 5 heteroatoms. The Labute approximate surface area is 126 Å². The highest BCUT2D eigenvalue weighted by molar-refractivity contribution is 6.33. The fourth-order valence-electron chi connectivity index (χ4n) is 2.28. The highest BCUT2D eigenvalue weighted by Gasteiger charge is 2.13. The minimum absolute atomic E-state index is 0.351. The van der Waals surface area contributed by atoms with E-state index in [-0.39, 0.29) is 5.82 Å². The molecule has 1 N–H and O–H groups in total. The maximum absolute atomic E-state index is 13.5. The SMILES string of the molecule is CCNc1nnc(-c2cc(F)ccc2Cl)c2ccccc12. The van der Waals surface area contributed by atoms with Crippen molar-refractivity contribution in [3.8, 4) is 11.3 Å². The molecule has 106 valence electrons. The van der Waals surface area contributed by atoms with Crippen molar-refractivity contribution in [1.82, 2.24) is 10.2 Å². The molecule has 3 nitrogen and oxygen atoms in total. The van der Waals surface area contributed by atoms with Crippen LogP contribution in [0.4, 0.5) is 10.2 Å². The Bertz CT molecular complexity index is 805. The number of nitrogens with one attached hydrogen (secondary N) is 1. The second kappa shape index (κ2) is 5.66. The van der Waals surface area contributed by atoms with Gasteiger partial charge in [-0.15, -0.1) is 10.2 Å². The molecule has 0 fully saturated rings. The van der Waals surface area contributed by atoms with E-state index in [4.69, 9.17) is 11.6 Å². The van der Waals surface area contributed by atoms with Gasteiger partial charge in [-0.1, -0.05) is 35.9 Å². The van der Waals surface area contributed by atoms with Gasteiger partial charge < -0.3 is 5.32 Å². The minimum Gasteiger partial charge on any atom is -0.368 e. The van der Waals surface area contributed by atoms with E-state index < -0.39 is 0 Å². The average Bonchev–Trinajstić information content (AvgIpc) is 2.51. The maximum Gasteiger partial charge on any atom is 0.156 e. The summed E-state index contributed by atoms with van der Waals surface area (Å²) < 4.78 is 13.5. The maximum atomic E-state index is 13.5. The molecule has 2 aromatic carbocycles. The Morgan fingerprint density at radius 3 is 2.62 bits per heavy atom. The van der Waals surface area contributed by atoms with E-state index in [9.17, 15) is 4.39 Å². The van der Waals surface area contributed by atoms with Gasteiger partial charge in [0, 0.05) is 22.9 Å². The number of anilines is 1. The second-order valence-electron chi connectivity index (χ2n) is 4.60. The Balaban J connectivity index is 2.29. The van der Waals surface area contributed by atoms with E-state index in [0.29, 0.717) is 22.1 Å². The lowest BCUT2D eigenvalue weighted by molar-refractivity contribution is 0.628. The molecule has 3 aromatic rings. The van der Waals surface area contributed by atoms with E-state index in [2.05, 4.69) is 15.5 Å². The molecule has 0 amide bonds. The quantitative estimate of drug-likeness (QED) is 0.773. The van der Waals surface area contributed by atoms with E-state index in [1.807, 2.05) is 31.2 Å². The molecule has 1 heterocycles. The van der Waals surface area contributed by atoms with Gasteiger partial charge in [-0.25, -0.2) is 4.39 Å². The Hall–Kier alpha value is -2.20. The van der Waals surface area contributed by atoms with Crippen LogP contribution in [-0.4, -0.2) is 16.7 Å². The van der Waals surface area contributed by atoms with Crippen LogP contribution in [0.3, 0.4) is 0 Å². The van der Waals surface area contributed by atoms with Crippen LogP contribution in [0.2, 0.25) is 5.02 Å². The molecule has 0 aliphatic rings. The predicted molar refractivity (Wildman–Crippen MR) is 84.1 cm³/mol.